The molecule has 172 valence electrons. The van der Waals surface area contributed by atoms with Gasteiger partial charge in [0.1, 0.15) is 22.1 Å². The number of anilines is 1. The number of nitrogens with one attached hydrogen (secondary N) is 1. The summed E-state index contributed by atoms with van der Waals surface area (Å²) < 4.78 is 43.5. The van der Waals surface area contributed by atoms with Gasteiger partial charge >= 0.3 is 0 Å². The number of hydrogen-bond donors (Lipinski definition) is 1. The molecule has 1 fully saturated rings. The van der Waals surface area contributed by atoms with Crippen molar-refractivity contribution in [2.24, 2.45) is 0 Å². The predicted molar refractivity (Wildman–Crippen MR) is 123 cm³/mol. The summed E-state index contributed by atoms with van der Waals surface area (Å²) in [5.41, 5.74) is 1.06. The van der Waals surface area contributed by atoms with E-state index < -0.39 is 15.9 Å². The van der Waals surface area contributed by atoms with Gasteiger partial charge in [0.2, 0.25) is 15.9 Å². The molecule has 2 aromatic carbocycles. The van der Waals surface area contributed by atoms with Gasteiger partial charge in [-0.15, -0.1) is 0 Å². The van der Waals surface area contributed by atoms with Gasteiger partial charge in [0, 0.05) is 36.5 Å². The average Bonchev–Trinajstić information content (AvgIpc) is 2.83. The minimum atomic E-state index is -3.72. The minimum absolute atomic E-state index is 0.0421. The maximum atomic E-state index is 13.1. The molecule has 1 saturated heterocycles. The van der Waals surface area contributed by atoms with Crippen molar-refractivity contribution in [3.63, 3.8) is 0 Å². The highest BCUT2D eigenvalue weighted by Gasteiger charge is 2.29. The first-order valence-electron chi connectivity index (χ1n) is 10.3. The summed E-state index contributed by atoms with van der Waals surface area (Å²) in [6.07, 6.45) is 5.65. The first kappa shape index (κ1) is 23.6. The average molecular weight is 461 g/mol. The third-order valence-electron chi connectivity index (χ3n) is 5.22. The summed E-state index contributed by atoms with van der Waals surface area (Å²) in [5, 5.41) is 2.71. The molecule has 1 aliphatic rings. The maximum absolute atomic E-state index is 13.1. The number of benzene rings is 2. The monoisotopic (exact) mass is 460 g/mol. The van der Waals surface area contributed by atoms with Gasteiger partial charge in [0.25, 0.3) is 0 Å². The summed E-state index contributed by atoms with van der Waals surface area (Å²) in [7, 11) is 0.798. The van der Waals surface area contributed by atoms with Crippen LogP contribution in [-0.4, -0.2) is 53.0 Å². The van der Waals surface area contributed by atoms with E-state index in [1.807, 2.05) is 0 Å². The maximum Gasteiger partial charge on any atom is 0.248 e. The van der Waals surface area contributed by atoms with Crippen LogP contribution in [0.5, 0.6) is 17.2 Å². The predicted octanol–water partition coefficient (Wildman–Crippen LogP) is 3.54. The Bertz CT molecular complexity index is 1090. The molecule has 2 aromatic rings. The molecule has 0 aromatic heterocycles. The lowest BCUT2D eigenvalue weighted by atomic mass is 10.1. The highest BCUT2D eigenvalue weighted by Crippen LogP contribution is 2.31. The van der Waals surface area contributed by atoms with Gasteiger partial charge in [-0.2, -0.15) is 4.31 Å². The topological polar surface area (TPSA) is 94.2 Å². The number of rotatable bonds is 8. The van der Waals surface area contributed by atoms with Crippen LogP contribution >= 0.6 is 0 Å². The third kappa shape index (κ3) is 5.41. The van der Waals surface area contributed by atoms with E-state index in [2.05, 4.69) is 5.32 Å². The Kier molecular flexibility index (Phi) is 7.76. The SMILES string of the molecule is COc1ccc(/C=C/C(=O)Nc2ccc(OC)c(S(=O)(=O)N3CCCCC3)c2)c(OC)c1. The zero-order valence-electron chi connectivity index (χ0n) is 18.5. The number of methoxy groups -OCH3 is 3. The second kappa shape index (κ2) is 10.5. The fourth-order valence-electron chi connectivity index (χ4n) is 3.51. The fourth-order valence-corrected chi connectivity index (χ4v) is 5.20. The molecule has 0 spiro atoms. The van der Waals surface area contributed by atoms with Crippen molar-refractivity contribution in [1.82, 2.24) is 4.31 Å². The molecule has 1 heterocycles. The molecule has 0 saturated carbocycles. The lowest BCUT2D eigenvalue weighted by Gasteiger charge is -2.26. The Labute approximate surface area is 188 Å². The molecule has 8 nitrogen and oxygen atoms in total. The summed E-state index contributed by atoms with van der Waals surface area (Å²) in [6, 6.07) is 9.84. The van der Waals surface area contributed by atoms with Crippen LogP contribution < -0.4 is 19.5 Å². The van der Waals surface area contributed by atoms with Gasteiger partial charge in [-0.1, -0.05) is 6.42 Å². The first-order chi connectivity index (χ1) is 15.4. The molecular weight excluding hydrogens is 432 g/mol. The molecule has 1 N–H and O–H groups in total. The first-order valence-corrected chi connectivity index (χ1v) is 11.7. The molecular formula is C23H28N2O6S. The number of carbonyl (C=O) groups is 1. The van der Waals surface area contributed by atoms with Crippen molar-refractivity contribution >= 4 is 27.7 Å². The van der Waals surface area contributed by atoms with Gasteiger partial charge in [0.05, 0.1) is 21.3 Å². The third-order valence-corrected chi connectivity index (χ3v) is 7.14. The second-order valence-electron chi connectivity index (χ2n) is 7.26. The van der Waals surface area contributed by atoms with E-state index in [1.54, 1.807) is 43.5 Å². The van der Waals surface area contributed by atoms with Gasteiger partial charge in [0.15, 0.2) is 0 Å². The Hall–Kier alpha value is -3.04. The summed E-state index contributed by atoms with van der Waals surface area (Å²) in [6.45, 7) is 0.961. The lowest BCUT2D eigenvalue weighted by molar-refractivity contribution is -0.111. The normalized spacial score (nSPS) is 14.8. The number of carbonyl (C=O) groups excluding carboxylic acids is 1. The Morgan fingerprint density at radius 1 is 0.938 bits per heavy atom. The highest BCUT2D eigenvalue weighted by atomic mass is 32.2. The lowest BCUT2D eigenvalue weighted by Crippen LogP contribution is -2.35. The standard InChI is InChI=1S/C23H28N2O6S/c1-29-19-10-7-17(21(16-19)31-3)8-12-23(26)24-18-9-11-20(30-2)22(15-18)32(27,28)25-13-5-4-6-14-25/h7-12,15-16H,4-6,13-14H2,1-3H3,(H,24,26)/b12-8+. The van der Waals surface area contributed by atoms with Crippen molar-refractivity contribution < 1.29 is 27.4 Å². The van der Waals surface area contributed by atoms with Gasteiger partial charge in [-0.25, -0.2) is 8.42 Å². The quantitative estimate of drug-likeness (QED) is 0.606. The molecule has 32 heavy (non-hydrogen) atoms. The van der Waals surface area contributed by atoms with Crippen LogP contribution in [0.25, 0.3) is 6.08 Å². The number of piperidine rings is 1. The van der Waals surface area contributed by atoms with Crippen molar-refractivity contribution in [3.05, 3.63) is 48.0 Å². The molecule has 9 heteroatoms. The molecule has 1 aliphatic heterocycles. The molecule has 1 amide bonds. The van der Waals surface area contributed by atoms with E-state index in [1.165, 1.54) is 30.7 Å². The molecule has 0 aliphatic carbocycles. The molecule has 0 unspecified atom stereocenters. The molecule has 0 bridgehead atoms. The number of sulfonamides is 1. The number of amides is 1. The second-order valence-corrected chi connectivity index (χ2v) is 9.17. The van der Waals surface area contributed by atoms with Crippen LogP contribution in [0.3, 0.4) is 0 Å². The number of ether oxygens (including phenoxy) is 3. The van der Waals surface area contributed by atoms with E-state index in [0.29, 0.717) is 35.8 Å². The van der Waals surface area contributed by atoms with Crippen molar-refractivity contribution in [3.8, 4) is 17.2 Å². The zero-order chi connectivity index (χ0) is 23.1. The van der Waals surface area contributed by atoms with Crippen molar-refractivity contribution in [1.29, 1.82) is 0 Å². The smallest absolute Gasteiger partial charge is 0.248 e. The van der Waals surface area contributed by atoms with E-state index in [4.69, 9.17) is 14.2 Å². The van der Waals surface area contributed by atoms with Crippen molar-refractivity contribution in [2.45, 2.75) is 24.2 Å². The van der Waals surface area contributed by atoms with Crippen LogP contribution in [0.2, 0.25) is 0 Å². The number of hydrogen-bond acceptors (Lipinski definition) is 6. The minimum Gasteiger partial charge on any atom is -0.497 e. The van der Waals surface area contributed by atoms with E-state index in [-0.39, 0.29) is 10.6 Å². The van der Waals surface area contributed by atoms with Gasteiger partial charge in [-0.05, 0) is 49.2 Å². The molecule has 0 radical (unpaired) electrons. The van der Waals surface area contributed by atoms with Gasteiger partial charge < -0.3 is 19.5 Å². The Morgan fingerprint density at radius 3 is 2.31 bits per heavy atom. The largest absolute Gasteiger partial charge is 0.497 e. The Balaban J connectivity index is 1.80. The highest BCUT2D eigenvalue weighted by molar-refractivity contribution is 7.89. The van der Waals surface area contributed by atoms with E-state index in [9.17, 15) is 13.2 Å². The fraction of sp³-hybridized carbons (Fsp3) is 0.348. The van der Waals surface area contributed by atoms with E-state index in [0.717, 1.165) is 19.3 Å². The van der Waals surface area contributed by atoms with Crippen LogP contribution in [0.4, 0.5) is 5.69 Å². The zero-order valence-corrected chi connectivity index (χ0v) is 19.3. The number of nitrogens with zero attached hydrogens (tertiary/aromatic N) is 1. The Morgan fingerprint density at radius 2 is 1.66 bits per heavy atom. The van der Waals surface area contributed by atoms with E-state index >= 15 is 0 Å². The van der Waals surface area contributed by atoms with Crippen LogP contribution in [0.15, 0.2) is 47.4 Å². The van der Waals surface area contributed by atoms with Gasteiger partial charge in [-0.3, -0.25) is 4.79 Å². The van der Waals surface area contributed by atoms with Crippen LogP contribution in [0, 0.1) is 0 Å². The molecule has 3 rings (SSSR count). The summed E-state index contributed by atoms with van der Waals surface area (Å²) in [4.78, 5) is 12.5. The van der Waals surface area contributed by atoms with Crippen molar-refractivity contribution in [2.75, 3.05) is 39.7 Å². The van der Waals surface area contributed by atoms with Crippen LogP contribution in [-0.2, 0) is 14.8 Å². The summed E-state index contributed by atoms with van der Waals surface area (Å²) in [5.74, 6) is 1.04. The van der Waals surface area contributed by atoms with Crippen LogP contribution in [0.1, 0.15) is 24.8 Å². The summed E-state index contributed by atoms with van der Waals surface area (Å²) >= 11 is 0. The molecule has 0 atom stereocenters.